The molecule has 172 valence electrons. The topological polar surface area (TPSA) is 68.5 Å². The summed E-state index contributed by atoms with van der Waals surface area (Å²) in [6.45, 7) is 0.761. The molecular weight excluding hydrogens is 447 g/mol. The molecule has 0 aliphatic carbocycles. The number of likely N-dealkylation sites (tertiary alicyclic amines) is 1. The molecule has 3 aromatic carbocycles. The van der Waals surface area contributed by atoms with Gasteiger partial charge in [0.15, 0.2) is 0 Å². The van der Waals surface area contributed by atoms with Gasteiger partial charge in [0, 0.05) is 24.2 Å². The summed E-state index contributed by atoms with van der Waals surface area (Å²) in [6, 6.07) is 21.0. The molecule has 6 nitrogen and oxygen atoms in total. The lowest BCUT2D eigenvalue weighted by Gasteiger charge is -2.37. The first-order chi connectivity index (χ1) is 16.4. The Labute approximate surface area is 192 Å². The maximum atomic E-state index is 13.0. The van der Waals surface area contributed by atoms with E-state index in [9.17, 15) is 18.0 Å². The molecule has 5 rings (SSSR count). The Morgan fingerprint density at radius 2 is 1.65 bits per heavy atom. The lowest BCUT2D eigenvalue weighted by molar-refractivity contribution is -0.137. The van der Waals surface area contributed by atoms with E-state index >= 15 is 0 Å². The maximum absolute atomic E-state index is 13.0. The van der Waals surface area contributed by atoms with Crippen molar-refractivity contribution in [1.82, 2.24) is 15.0 Å². The van der Waals surface area contributed by atoms with E-state index in [-0.39, 0.29) is 23.2 Å². The van der Waals surface area contributed by atoms with E-state index in [1.54, 1.807) is 29.2 Å². The Morgan fingerprint density at radius 3 is 2.35 bits per heavy atom. The first-order valence-corrected chi connectivity index (χ1v) is 10.5. The molecule has 0 atom stereocenters. The van der Waals surface area contributed by atoms with E-state index in [2.05, 4.69) is 10.1 Å². The number of para-hydroxylation sites is 1. The third-order valence-electron chi connectivity index (χ3n) is 5.49. The Morgan fingerprint density at radius 1 is 0.941 bits per heavy atom. The highest BCUT2D eigenvalue weighted by atomic mass is 19.4. The number of hydrogen-bond donors (Lipinski definition) is 0. The molecule has 9 heteroatoms. The number of nitrogens with zero attached hydrogens (tertiary/aromatic N) is 3. The summed E-state index contributed by atoms with van der Waals surface area (Å²) in [5.74, 6) is 1.40. The van der Waals surface area contributed by atoms with Crippen molar-refractivity contribution in [3.05, 3.63) is 95.9 Å². The van der Waals surface area contributed by atoms with Gasteiger partial charge in [0.1, 0.15) is 11.5 Å². The number of ether oxygens (including phenoxy) is 1. The van der Waals surface area contributed by atoms with Crippen molar-refractivity contribution in [2.75, 3.05) is 13.1 Å². The van der Waals surface area contributed by atoms with Crippen LogP contribution in [0.2, 0.25) is 0 Å². The van der Waals surface area contributed by atoms with Gasteiger partial charge in [-0.3, -0.25) is 4.79 Å². The highest BCUT2D eigenvalue weighted by Gasteiger charge is 2.36. The molecule has 1 aliphatic heterocycles. The summed E-state index contributed by atoms with van der Waals surface area (Å²) in [6.07, 6.45) is -4.46. The number of amides is 1. The minimum absolute atomic E-state index is 0.0832. The Balaban J connectivity index is 1.20. The Hall–Kier alpha value is -4.14. The fraction of sp³-hybridized carbons (Fsp3) is 0.160. The van der Waals surface area contributed by atoms with Gasteiger partial charge in [-0.05, 0) is 48.5 Å². The van der Waals surface area contributed by atoms with Gasteiger partial charge in [0.25, 0.3) is 5.91 Å². The van der Waals surface area contributed by atoms with Gasteiger partial charge in [-0.25, -0.2) is 0 Å². The van der Waals surface area contributed by atoms with E-state index in [4.69, 9.17) is 9.26 Å². The smallest absolute Gasteiger partial charge is 0.416 e. The van der Waals surface area contributed by atoms with E-state index in [1.165, 1.54) is 12.1 Å². The number of carbonyl (C=O) groups excluding carboxylic acids is 1. The molecule has 1 fully saturated rings. The quantitative estimate of drug-likeness (QED) is 0.373. The van der Waals surface area contributed by atoms with Gasteiger partial charge in [-0.1, -0.05) is 35.5 Å². The third-order valence-corrected chi connectivity index (χ3v) is 5.49. The van der Waals surface area contributed by atoms with Crippen LogP contribution in [0.3, 0.4) is 0 Å². The highest BCUT2D eigenvalue weighted by molar-refractivity contribution is 5.95. The Bertz CT molecular complexity index is 1300. The second-order valence-corrected chi connectivity index (χ2v) is 7.88. The zero-order valence-electron chi connectivity index (χ0n) is 17.7. The molecule has 1 amide bonds. The lowest BCUT2D eigenvalue weighted by atomic mass is 9.98. The maximum Gasteiger partial charge on any atom is 0.416 e. The number of alkyl halides is 3. The first kappa shape index (κ1) is 21.7. The van der Waals surface area contributed by atoms with Crippen LogP contribution in [0, 0.1) is 0 Å². The van der Waals surface area contributed by atoms with Crippen molar-refractivity contribution in [2.24, 2.45) is 0 Å². The minimum Gasteiger partial charge on any atom is -0.457 e. The molecule has 0 radical (unpaired) electrons. The van der Waals surface area contributed by atoms with Crippen LogP contribution in [0.1, 0.15) is 27.7 Å². The van der Waals surface area contributed by atoms with Crippen LogP contribution in [-0.2, 0) is 6.18 Å². The van der Waals surface area contributed by atoms with Crippen LogP contribution in [0.15, 0.2) is 83.4 Å². The van der Waals surface area contributed by atoms with Crippen LogP contribution in [0.5, 0.6) is 11.5 Å². The molecule has 0 unspecified atom stereocenters. The number of benzene rings is 3. The standard InChI is InChI=1S/C25H18F3N3O3/c26-25(27,28)19-6-4-5-17(13-19)22-29-23(34-30-22)18-14-31(15-18)24(32)16-9-11-21(12-10-16)33-20-7-2-1-3-8-20/h1-13,18H,14-15H2. The van der Waals surface area contributed by atoms with Crippen molar-refractivity contribution >= 4 is 5.91 Å². The average Bonchev–Trinajstić information content (AvgIpc) is 3.28. The van der Waals surface area contributed by atoms with E-state index in [1.807, 2.05) is 30.3 Å². The molecular formula is C25H18F3N3O3. The van der Waals surface area contributed by atoms with E-state index < -0.39 is 11.7 Å². The minimum atomic E-state index is -4.46. The summed E-state index contributed by atoms with van der Waals surface area (Å²) >= 11 is 0. The molecule has 0 bridgehead atoms. The van der Waals surface area contributed by atoms with Gasteiger partial charge in [-0.2, -0.15) is 18.2 Å². The van der Waals surface area contributed by atoms with E-state index in [0.29, 0.717) is 36.0 Å². The summed E-state index contributed by atoms with van der Waals surface area (Å²) in [5.41, 5.74) is -0.0408. The van der Waals surface area contributed by atoms with Crippen molar-refractivity contribution in [3.8, 4) is 22.9 Å². The van der Waals surface area contributed by atoms with Crippen LogP contribution < -0.4 is 4.74 Å². The fourth-order valence-electron chi connectivity index (χ4n) is 3.63. The van der Waals surface area contributed by atoms with Crippen LogP contribution in [0.25, 0.3) is 11.4 Å². The SMILES string of the molecule is O=C(c1ccc(Oc2ccccc2)cc1)N1CC(c2nc(-c3cccc(C(F)(F)F)c3)no2)C1. The van der Waals surface area contributed by atoms with Gasteiger partial charge >= 0.3 is 6.18 Å². The van der Waals surface area contributed by atoms with Crippen LogP contribution in [0.4, 0.5) is 13.2 Å². The summed E-state index contributed by atoms with van der Waals surface area (Å²) in [4.78, 5) is 18.6. The second-order valence-electron chi connectivity index (χ2n) is 7.88. The zero-order chi connectivity index (χ0) is 23.7. The molecule has 1 aliphatic rings. The predicted molar refractivity (Wildman–Crippen MR) is 116 cm³/mol. The highest BCUT2D eigenvalue weighted by Crippen LogP contribution is 2.33. The molecule has 2 heterocycles. The number of carbonyl (C=O) groups is 1. The largest absolute Gasteiger partial charge is 0.457 e. The van der Waals surface area contributed by atoms with Crippen molar-refractivity contribution in [2.45, 2.75) is 12.1 Å². The number of rotatable bonds is 5. The molecule has 0 saturated carbocycles. The van der Waals surface area contributed by atoms with E-state index in [0.717, 1.165) is 12.1 Å². The zero-order valence-corrected chi connectivity index (χ0v) is 17.7. The van der Waals surface area contributed by atoms with Crippen molar-refractivity contribution < 1.29 is 27.2 Å². The van der Waals surface area contributed by atoms with Crippen LogP contribution >= 0.6 is 0 Å². The predicted octanol–water partition coefficient (Wildman–Crippen LogP) is 5.79. The fourth-order valence-corrected chi connectivity index (χ4v) is 3.63. The molecule has 4 aromatic rings. The molecule has 1 saturated heterocycles. The lowest BCUT2D eigenvalue weighted by Crippen LogP contribution is -2.48. The number of halogens is 3. The molecule has 34 heavy (non-hydrogen) atoms. The first-order valence-electron chi connectivity index (χ1n) is 10.5. The average molecular weight is 465 g/mol. The third kappa shape index (κ3) is 4.50. The molecule has 1 aromatic heterocycles. The molecule has 0 N–H and O–H groups in total. The van der Waals surface area contributed by atoms with Crippen LogP contribution in [-0.4, -0.2) is 34.0 Å². The number of aromatic nitrogens is 2. The summed E-state index contributed by atoms with van der Waals surface area (Å²) in [7, 11) is 0. The van der Waals surface area contributed by atoms with Crippen molar-refractivity contribution in [3.63, 3.8) is 0 Å². The normalized spacial score (nSPS) is 14.0. The van der Waals surface area contributed by atoms with Gasteiger partial charge in [0.2, 0.25) is 11.7 Å². The monoisotopic (exact) mass is 465 g/mol. The summed E-state index contributed by atoms with van der Waals surface area (Å²) < 4.78 is 49.8. The van der Waals surface area contributed by atoms with Gasteiger partial charge in [-0.15, -0.1) is 0 Å². The molecule has 0 spiro atoms. The van der Waals surface area contributed by atoms with Gasteiger partial charge < -0.3 is 14.2 Å². The number of hydrogen-bond acceptors (Lipinski definition) is 5. The summed E-state index contributed by atoms with van der Waals surface area (Å²) in [5, 5.41) is 3.81. The van der Waals surface area contributed by atoms with Crippen molar-refractivity contribution in [1.29, 1.82) is 0 Å². The van der Waals surface area contributed by atoms with Gasteiger partial charge in [0.05, 0.1) is 11.5 Å². The second kappa shape index (κ2) is 8.66. The Kier molecular flexibility index (Phi) is 5.53.